The Balaban J connectivity index is 1.46. The van der Waals surface area contributed by atoms with Gasteiger partial charge in [-0.25, -0.2) is 4.98 Å². The first kappa shape index (κ1) is 17.7. The van der Waals surface area contributed by atoms with E-state index in [-0.39, 0.29) is 19.1 Å². The van der Waals surface area contributed by atoms with Crippen LogP contribution in [-0.4, -0.2) is 30.3 Å². The number of fused-ring (bicyclic) bond motifs is 1. The fourth-order valence-corrected chi connectivity index (χ4v) is 3.80. The van der Waals surface area contributed by atoms with Gasteiger partial charge in [0.1, 0.15) is 11.6 Å². The number of ether oxygens (including phenoxy) is 2. The molecule has 0 spiro atoms. The lowest BCUT2D eigenvalue weighted by Gasteiger charge is -1.98. The summed E-state index contributed by atoms with van der Waals surface area (Å²) < 4.78 is 10.6. The van der Waals surface area contributed by atoms with Crippen LogP contribution >= 0.6 is 22.9 Å². The topological polar surface area (TPSA) is 60.8 Å². The van der Waals surface area contributed by atoms with Gasteiger partial charge < -0.3 is 9.47 Å². The van der Waals surface area contributed by atoms with Crippen molar-refractivity contribution < 1.29 is 14.3 Å². The van der Waals surface area contributed by atoms with Gasteiger partial charge in [0, 0.05) is 16.8 Å². The van der Waals surface area contributed by atoms with E-state index in [4.69, 9.17) is 21.1 Å². The van der Waals surface area contributed by atoms with Crippen LogP contribution in [0.4, 0.5) is 0 Å². The van der Waals surface area contributed by atoms with Crippen molar-refractivity contribution in [2.24, 2.45) is 4.99 Å². The molecule has 0 fully saturated rings. The number of aliphatic imine (C=N–C) groups is 1. The Morgan fingerprint density at radius 3 is 2.81 bits per heavy atom. The van der Waals surface area contributed by atoms with E-state index < -0.39 is 0 Å². The van der Waals surface area contributed by atoms with E-state index in [2.05, 4.69) is 9.98 Å². The summed E-state index contributed by atoms with van der Waals surface area (Å²) in [5, 5.41) is 1.47. The van der Waals surface area contributed by atoms with Crippen molar-refractivity contribution >= 4 is 34.9 Å². The second-order valence-corrected chi connectivity index (χ2v) is 7.38. The average molecular weight is 399 g/mol. The maximum Gasteiger partial charge on any atom is 0.231 e. The van der Waals surface area contributed by atoms with Crippen molar-refractivity contribution in [1.29, 1.82) is 0 Å². The number of Topliss-reactive ketones (excluding diaryl/α,β-unsaturated/α-hetero) is 1. The minimum absolute atomic E-state index is 0.0535. The molecule has 7 heteroatoms. The first-order chi connectivity index (χ1) is 13.1. The highest BCUT2D eigenvalue weighted by molar-refractivity contribution is 7.17. The predicted molar refractivity (Wildman–Crippen MR) is 107 cm³/mol. The SMILES string of the molecule is Cc1nc(-c2ccc(Cl)cc2)sc1C(=O)CN=Cc1ccc2c(c1)OCO2. The number of nitrogens with zero attached hydrogens (tertiary/aromatic N) is 2. The summed E-state index contributed by atoms with van der Waals surface area (Å²) >= 11 is 7.30. The van der Waals surface area contributed by atoms with Crippen LogP contribution in [-0.2, 0) is 0 Å². The number of thiazole rings is 1. The first-order valence-electron chi connectivity index (χ1n) is 8.26. The highest BCUT2D eigenvalue weighted by atomic mass is 35.5. The molecule has 136 valence electrons. The van der Waals surface area contributed by atoms with Crippen LogP contribution in [0.3, 0.4) is 0 Å². The van der Waals surface area contributed by atoms with E-state index in [1.807, 2.05) is 49.4 Å². The number of halogens is 1. The molecular weight excluding hydrogens is 384 g/mol. The van der Waals surface area contributed by atoms with Gasteiger partial charge in [0.25, 0.3) is 0 Å². The first-order valence-corrected chi connectivity index (χ1v) is 9.45. The van der Waals surface area contributed by atoms with E-state index in [1.54, 1.807) is 6.21 Å². The lowest BCUT2D eigenvalue weighted by atomic mass is 10.2. The molecule has 5 nitrogen and oxygen atoms in total. The van der Waals surface area contributed by atoms with Gasteiger partial charge in [0.15, 0.2) is 17.3 Å². The molecule has 0 N–H and O–H groups in total. The zero-order valence-corrected chi connectivity index (χ0v) is 16.0. The molecule has 0 saturated heterocycles. The third-order valence-corrected chi connectivity index (χ3v) is 5.51. The molecule has 1 aromatic heterocycles. The largest absolute Gasteiger partial charge is 0.454 e. The van der Waals surface area contributed by atoms with Gasteiger partial charge in [0.05, 0.1) is 10.6 Å². The third-order valence-electron chi connectivity index (χ3n) is 4.01. The molecule has 1 aliphatic rings. The number of carbonyl (C=O) groups is 1. The highest BCUT2D eigenvalue weighted by Crippen LogP contribution is 2.32. The number of rotatable bonds is 5. The fraction of sp³-hybridized carbons (Fsp3) is 0.150. The molecule has 0 radical (unpaired) electrons. The molecule has 4 rings (SSSR count). The summed E-state index contributed by atoms with van der Waals surface area (Å²) in [7, 11) is 0. The zero-order chi connectivity index (χ0) is 18.8. The molecule has 0 saturated carbocycles. The van der Waals surface area contributed by atoms with Crippen LogP contribution in [0.2, 0.25) is 5.02 Å². The summed E-state index contributed by atoms with van der Waals surface area (Å²) in [6.45, 7) is 2.14. The second kappa shape index (κ2) is 7.50. The van der Waals surface area contributed by atoms with Crippen molar-refractivity contribution in [3.05, 3.63) is 63.6 Å². The summed E-state index contributed by atoms with van der Waals surface area (Å²) in [6.07, 6.45) is 1.66. The van der Waals surface area contributed by atoms with Gasteiger partial charge in [-0.2, -0.15) is 0 Å². The number of ketones is 1. The fourth-order valence-electron chi connectivity index (χ4n) is 2.67. The Hall–Kier alpha value is -2.70. The van der Waals surface area contributed by atoms with Gasteiger partial charge >= 0.3 is 0 Å². The Bertz CT molecular complexity index is 1030. The van der Waals surface area contributed by atoms with E-state index in [9.17, 15) is 4.79 Å². The van der Waals surface area contributed by atoms with Gasteiger partial charge in [-0.1, -0.05) is 23.7 Å². The van der Waals surface area contributed by atoms with Crippen molar-refractivity contribution in [1.82, 2.24) is 4.98 Å². The number of benzene rings is 2. The number of hydrogen-bond acceptors (Lipinski definition) is 6. The Labute approximate surface area is 165 Å². The van der Waals surface area contributed by atoms with E-state index in [0.717, 1.165) is 21.9 Å². The molecular formula is C20H15ClN2O3S. The summed E-state index contributed by atoms with van der Waals surface area (Å²) in [5.74, 6) is 1.36. The second-order valence-electron chi connectivity index (χ2n) is 5.95. The van der Waals surface area contributed by atoms with Crippen molar-refractivity contribution in [2.75, 3.05) is 13.3 Å². The van der Waals surface area contributed by atoms with E-state index in [1.165, 1.54) is 11.3 Å². The molecule has 0 aliphatic carbocycles. The maximum atomic E-state index is 12.5. The lowest BCUT2D eigenvalue weighted by Crippen LogP contribution is -2.03. The Morgan fingerprint density at radius 1 is 1.22 bits per heavy atom. The van der Waals surface area contributed by atoms with Crippen molar-refractivity contribution in [3.8, 4) is 22.1 Å². The average Bonchev–Trinajstić information content (AvgIpc) is 3.28. The van der Waals surface area contributed by atoms with Crippen LogP contribution in [0.1, 0.15) is 20.9 Å². The normalized spacial score (nSPS) is 12.7. The highest BCUT2D eigenvalue weighted by Gasteiger charge is 2.16. The Morgan fingerprint density at radius 2 is 2.00 bits per heavy atom. The molecule has 2 aromatic carbocycles. The standard InChI is InChI=1S/C20H15ClN2O3S/c1-12-19(27-20(23-12)14-3-5-15(21)6-4-14)16(24)10-22-9-13-2-7-17-18(8-13)26-11-25-17/h2-9H,10-11H2,1H3. The van der Waals surface area contributed by atoms with Gasteiger partial charge in [0.2, 0.25) is 6.79 Å². The molecule has 0 unspecified atom stereocenters. The smallest absolute Gasteiger partial charge is 0.231 e. The van der Waals surface area contributed by atoms with Gasteiger partial charge in [-0.15, -0.1) is 11.3 Å². The minimum atomic E-state index is -0.0535. The van der Waals surface area contributed by atoms with Crippen LogP contribution in [0.5, 0.6) is 11.5 Å². The monoisotopic (exact) mass is 398 g/mol. The molecule has 0 bridgehead atoms. The lowest BCUT2D eigenvalue weighted by molar-refractivity contribution is 0.100. The van der Waals surface area contributed by atoms with Gasteiger partial charge in [-0.3, -0.25) is 9.79 Å². The molecule has 3 aromatic rings. The molecule has 1 aliphatic heterocycles. The zero-order valence-electron chi connectivity index (χ0n) is 14.4. The number of aryl methyl sites for hydroxylation is 1. The van der Waals surface area contributed by atoms with Crippen LogP contribution in [0.15, 0.2) is 47.5 Å². The maximum absolute atomic E-state index is 12.5. The van der Waals surface area contributed by atoms with Crippen LogP contribution in [0.25, 0.3) is 10.6 Å². The quantitative estimate of drug-likeness (QED) is 0.457. The van der Waals surface area contributed by atoms with Crippen molar-refractivity contribution in [3.63, 3.8) is 0 Å². The summed E-state index contributed by atoms with van der Waals surface area (Å²) in [5.41, 5.74) is 2.51. The third kappa shape index (κ3) is 3.86. The number of aromatic nitrogens is 1. The summed E-state index contributed by atoms with van der Waals surface area (Å²) in [4.78, 5) is 21.9. The van der Waals surface area contributed by atoms with Crippen molar-refractivity contribution in [2.45, 2.75) is 6.92 Å². The number of hydrogen-bond donors (Lipinski definition) is 0. The summed E-state index contributed by atoms with van der Waals surface area (Å²) in [6, 6.07) is 13.0. The molecule has 2 heterocycles. The van der Waals surface area contributed by atoms with Gasteiger partial charge in [-0.05, 0) is 42.8 Å². The van der Waals surface area contributed by atoms with E-state index >= 15 is 0 Å². The van der Waals surface area contributed by atoms with E-state index in [0.29, 0.717) is 21.3 Å². The predicted octanol–water partition coefficient (Wildman–Crippen LogP) is 4.80. The minimum Gasteiger partial charge on any atom is -0.454 e. The van der Waals surface area contributed by atoms with Crippen LogP contribution < -0.4 is 9.47 Å². The molecule has 0 atom stereocenters. The number of carbonyl (C=O) groups excluding carboxylic acids is 1. The molecule has 27 heavy (non-hydrogen) atoms. The Kier molecular flexibility index (Phi) is 4.92. The van der Waals surface area contributed by atoms with Crippen LogP contribution in [0, 0.1) is 6.92 Å². The molecule has 0 amide bonds.